The average molecular weight is 635 g/mol. The van der Waals surface area contributed by atoms with Crippen molar-refractivity contribution in [3.63, 3.8) is 0 Å². The van der Waals surface area contributed by atoms with Gasteiger partial charge >= 0.3 is 26.6 Å². The number of aryl methyl sites for hydroxylation is 1. The van der Waals surface area contributed by atoms with Gasteiger partial charge in [0.2, 0.25) is 0 Å². The maximum Gasteiger partial charge on any atom is 0.389 e. The van der Waals surface area contributed by atoms with Gasteiger partial charge in [-0.25, -0.2) is 18.1 Å². The zero-order valence-corrected chi connectivity index (χ0v) is 23.7. The van der Waals surface area contributed by atoms with Gasteiger partial charge in [0.05, 0.1) is 11.4 Å². The summed E-state index contributed by atoms with van der Waals surface area (Å²) in [7, 11) is -7.94. The lowest BCUT2D eigenvalue weighted by atomic mass is 9.97. The van der Waals surface area contributed by atoms with E-state index >= 15 is 0 Å². The summed E-state index contributed by atoms with van der Waals surface area (Å²) in [5.41, 5.74) is 1.19. The lowest BCUT2D eigenvalue weighted by Gasteiger charge is -2.17. The number of carbonyl (C=O) groups is 2. The molecule has 0 radical (unpaired) electrons. The normalized spacial score (nSPS) is 19.8. The lowest BCUT2D eigenvalue weighted by molar-refractivity contribution is -0.134. The number of halogens is 3. The van der Waals surface area contributed by atoms with Crippen molar-refractivity contribution in [1.82, 2.24) is 9.44 Å². The molecular formula is C25H29F3N4O8S2. The van der Waals surface area contributed by atoms with E-state index in [2.05, 4.69) is 0 Å². The molecule has 2 aromatic carbocycles. The zero-order chi connectivity index (χ0) is 30.9. The van der Waals surface area contributed by atoms with Gasteiger partial charge < -0.3 is 10.2 Å². The van der Waals surface area contributed by atoms with E-state index in [0.29, 0.717) is 10.2 Å². The summed E-state index contributed by atoms with van der Waals surface area (Å²) in [6.45, 7) is -0.782. The fraction of sp³-hybridized carbons (Fsp3) is 0.440. The topological polar surface area (TPSA) is 173 Å². The van der Waals surface area contributed by atoms with Gasteiger partial charge in [-0.1, -0.05) is 37.8 Å². The molecular weight excluding hydrogens is 605 g/mol. The Kier molecular flexibility index (Phi) is 8.82. The van der Waals surface area contributed by atoms with Gasteiger partial charge in [-0.2, -0.15) is 30.0 Å². The second-order valence-corrected chi connectivity index (χ2v) is 13.4. The molecule has 2 aliphatic heterocycles. The highest BCUT2D eigenvalue weighted by Gasteiger charge is 2.36. The van der Waals surface area contributed by atoms with E-state index < -0.39 is 57.1 Å². The molecule has 0 aromatic heterocycles. The molecule has 17 heteroatoms. The first-order chi connectivity index (χ1) is 19.5. The second-order valence-electron chi connectivity index (χ2n) is 10.2. The molecule has 230 valence electrons. The molecule has 2 heterocycles. The van der Waals surface area contributed by atoms with Crippen molar-refractivity contribution < 1.29 is 49.8 Å². The third-order valence-corrected chi connectivity index (χ3v) is 9.74. The summed E-state index contributed by atoms with van der Waals surface area (Å²) in [5, 5.41) is 19.9. The van der Waals surface area contributed by atoms with Crippen molar-refractivity contribution in [2.24, 2.45) is 5.92 Å². The fourth-order valence-electron chi connectivity index (χ4n) is 5.00. The number of anilines is 2. The van der Waals surface area contributed by atoms with Gasteiger partial charge in [0.25, 0.3) is 11.8 Å². The van der Waals surface area contributed by atoms with E-state index in [0.717, 1.165) is 22.4 Å². The van der Waals surface area contributed by atoms with Crippen LogP contribution in [0.5, 0.6) is 11.5 Å². The lowest BCUT2D eigenvalue weighted by Crippen LogP contribution is -2.29. The number of hydrogen-bond donors (Lipinski definition) is 4. The van der Waals surface area contributed by atoms with Crippen LogP contribution in [0, 0.1) is 5.92 Å². The number of nitrogens with one attached hydrogen (secondary N) is 2. The molecule has 3 aliphatic rings. The third-order valence-electron chi connectivity index (χ3n) is 6.95. The Labute approximate surface area is 240 Å². The molecule has 2 amide bonds. The van der Waals surface area contributed by atoms with Crippen molar-refractivity contribution in [2.75, 3.05) is 21.7 Å². The van der Waals surface area contributed by atoms with Gasteiger partial charge in [-0.05, 0) is 54.2 Å². The maximum atomic E-state index is 12.1. The first kappa shape index (κ1) is 31.2. The Bertz CT molecular complexity index is 1580. The zero-order valence-electron chi connectivity index (χ0n) is 22.1. The Morgan fingerprint density at radius 2 is 1.24 bits per heavy atom. The molecule has 0 unspecified atom stereocenters. The predicted molar refractivity (Wildman–Crippen MR) is 145 cm³/mol. The van der Waals surface area contributed by atoms with Crippen LogP contribution in [-0.4, -0.2) is 58.1 Å². The monoisotopic (exact) mass is 634 g/mol. The Morgan fingerprint density at radius 3 is 1.64 bits per heavy atom. The smallest absolute Gasteiger partial charge is 0.389 e. The molecule has 12 nitrogen and oxygen atoms in total. The van der Waals surface area contributed by atoms with Crippen molar-refractivity contribution >= 4 is 43.6 Å². The summed E-state index contributed by atoms with van der Waals surface area (Å²) in [6, 6.07) is 8.49. The number of carbonyl (C=O) groups excluding carboxylic acids is 2. The number of hydrogen-bond acceptors (Lipinski definition) is 8. The molecule has 42 heavy (non-hydrogen) atoms. The van der Waals surface area contributed by atoms with Crippen LogP contribution in [0.4, 0.5) is 24.5 Å². The first-order valence-electron chi connectivity index (χ1n) is 12.9. The molecule has 2 aromatic rings. The quantitative estimate of drug-likeness (QED) is 0.375. The van der Waals surface area contributed by atoms with Gasteiger partial charge in [0.15, 0.2) is 0 Å². The number of nitrogens with zero attached hydrogens (tertiary/aromatic N) is 2. The van der Waals surface area contributed by atoms with Gasteiger partial charge in [-0.15, -0.1) is 0 Å². The summed E-state index contributed by atoms with van der Waals surface area (Å²) in [4.78, 5) is 22.3. The van der Waals surface area contributed by atoms with Crippen LogP contribution in [0.3, 0.4) is 0 Å². The van der Waals surface area contributed by atoms with E-state index in [-0.39, 0.29) is 35.7 Å². The molecule has 3 fully saturated rings. The fourth-order valence-corrected chi connectivity index (χ4v) is 7.32. The molecule has 5 rings (SSSR count). The van der Waals surface area contributed by atoms with E-state index in [1.807, 2.05) is 10.8 Å². The minimum Gasteiger partial charge on any atom is -0.506 e. The summed E-state index contributed by atoms with van der Waals surface area (Å²) in [6.07, 6.45) is 0.141. The van der Waals surface area contributed by atoms with Crippen molar-refractivity contribution in [3.8, 4) is 11.5 Å². The number of rotatable bonds is 6. The van der Waals surface area contributed by atoms with E-state index in [9.17, 15) is 49.8 Å². The summed E-state index contributed by atoms with van der Waals surface area (Å²) >= 11 is 0. The third kappa shape index (κ3) is 7.56. The number of amides is 2. The number of benzene rings is 2. The molecule has 1 aliphatic carbocycles. The highest BCUT2D eigenvalue weighted by Crippen LogP contribution is 2.35. The van der Waals surface area contributed by atoms with E-state index in [1.54, 1.807) is 16.9 Å². The largest absolute Gasteiger partial charge is 0.506 e. The molecule has 4 N–H and O–H groups in total. The Hall–Kier alpha value is -3.73. The van der Waals surface area contributed by atoms with Gasteiger partial charge in [-0.3, -0.25) is 9.59 Å². The summed E-state index contributed by atoms with van der Waals surface area (Å²) < 4.78 is 88.3. The van der Waals surface area contributed by atoms with E-state index in [1.165, 1.54) is 37.8 Å². The highest BCUT2D eigenvalue weighted by atomic mass is 32.2. The van der Waals surface area contributed by atoms with Crippen LogP contribution in [0.1, 0.15) is 43.2 Å². The van der Waals surface area contributed by atoms with Gasteiger partial charge in [0.1, 0.15) is 24.6 Å². The first-order valence-corrected chi connectivity index (χ1v) is 15.8. The Morgan fingerprint density at radius 1 is 0.786 bits per heavy atom. The number of aromatic hydroxyl groups is 2. The maximum absolute atomic E-state index is 12.1. The van der Waals surface area contributed by atoms with Crippen LogP contribution < -0.4 is 18.1 Å². The number of phenols is 2. The standard InChI is InChI=1S/C14H18N2O4S.C11H11F3N2O4S/c17-13-8-11(7-10-3-1-2-4-10)5-6-12(13)16-9-14(18)15-21(16,19)20;12-11(13,14)4-3-7-1-2-8(9(17)5-7)16-6-10(18)15-21(16,19)20/h5-6,8,10,17H,1-4,7,9H2,(H,15,18);1-2,5,17H,3-4,6H2,(H,15,18). The van der Waals surface area contributed by atoms with Crippen LogP contribution >= 0.6 is 0 Å². The SMILES string of the molecule is O=C1CN(c2ccc(CC3CCCC3)cc2O)S(=O)(=O)N1.O=C1CN(c2ccc(CCC(F)(F)F)cc2O)S(=O)(=O)N1. The van der Waals surface area contributed by atoms with Crippen LogP contribution in [-0.2, 0) is 42.8 Å². The summed E-state index contributed by atoms with van der Waals surface area (Å²) in [5.74, 6) is -1.31. The minimum absolute atomic E-state index is 0.106. The van der Waals surface area contributed by atoms with Crippen molar-refractivity contribution in [1.29, 1.82) is 0 Å². The average Bonchev–Trinajstić information content (AvgIpc) is 3.54. The predicted octanol–water partition coefficient (Wildman–Crippen LogP) is 2.37. The number of phenolic OH excluding ortho intramolecular Hbond substituents is 2. The van der Waals surface area contributed by atoms with Crippen LogP contribution in [0.15, 0.2) is 36.4 Å². The van der Waals surface area contributed by atoms with Crippen molar-refractivity contribution in [2.45, 2.75) is 51.1 Å². The minimum atomic E-state index is -4.32. The molecule has 0 spiro atoms. The van der Waals surface area contributed by atoms with Crippen LogP contribution in [0.25, 0.3) is 0 Å². The molecule has 2 saturated heterocycles. The van der Waals surface area contributed by atoms with Crippen LogP contribution in [0.2, 0.25) is 0 Å². The molecule has 0 bridgehead atoms. The Balaban J connectivity index is 0.000000193. The highest BCUT2D eigenvalue weighted by molar-refractivity contribution is 7.92. The number of alkyl halides is 3. The molecule has 0 atom stereocenters. The van der Waals surface area contributed by atoms with Gasteiger partial charge in [0, 0.05) is 6.42 Å². The molecule has 1 saturated carbocycles. The van der Waals surface area contributed by atoms with Crippen molar-refractivity contribution in [3.05, 3.63) is 47.5 Å². The van der Waals surface area contributed by atoms with E-state index in [4.69, 9.17) is 0 Å². The second kappa shape index (κ2) is 11.9.